The lowest BCUT2D eigenvalue weighted by Gasteiger charge is -2.36. The molecule has 0 radical (unpaired) electrons. The second kappa shape index (κ2) is 8.65. The predicted molar refractivity (Wildman–Crippen MR) is 92.9 cm³/mol. The Balaban J connectivity index is 1.92. The third kappa shape index (κ3) is 5.18. The Morgan fingerprint density at radius 2 is 2.04 bits per heavy atom. The van der Waals surface area contributed by atoms with Gasteiger partial charge in [-0.1, -0.05) is 44.9 Å². The van der Waals surface area contributed by atoms with Gasteiger partial charge in [0, 0.05) is 0 Å². The van der Waals surface area contributed by atoms with E-state index in [2.05, 4.69) is 20.8 Å². The largest absolute Gasteiger partial charge is 0.460 e. The van der Waals surface area contributed by atoms with E-state index in [1.165, 1.54) is 12.1 Å². The summed E-state index contributed by atoms with van der Waals surface area (Å²) in [4.78, 5) is 24.0. The summed E-state index contributed by atoms with van der Waals surface area (Å²) in [7, 11) is 0. The van der Waals surface area contributed by atoms with Crippen LogP contribution in [-0.2, 0) is 14.3 Å². The van der Waals surface area contributed by atoms with Crippen molar-refractivity contribution in [2.24, 2.45) is 17.8 Å². The average Bonchev–Trinajstić information content (AvgIpc) is 2.52. The zero-order valence-corrected chi connectivity index (χ0v) is 15.5. The third-order valence-electron chi connectivity index (χ3n) is 4.73. The normalized spacial score (nSPS) is 23.4. The average molecular weight is 371 g/mol. The molecule has 4 nitrogen and oxygen atoms in total. The molecule has 1 saturated carbocycles. The summed E-state index contributed by atoms with van der Waals surface area (Å²) >= 11 is 5.81. The van der Waals surface area contributed by atoms with Gasteiger partial charge in [-0.05, 0) is 42.7 Å². The van der Waals surface area contributed by atoms with Crippen LogP contribution in [0, 0.1) is 23.6 Å². The van der Waals surface area contributed by atoms with Gasteiger partial charge in [-0.25, -0.2) is 14.0 Å². The molecule has 1 aliphatic rings. The summed E-state index contributed by atoms with van der Waals surface area (Å²) in [5, 5.41) is -0.0562. The van der Waals surface area contributed by atoms with Gasteiger partial charge in [0.2, 0.25) is 0 Å². The molecule has 25 heavy (non-hydrogen) atoms. The van der Waals surface area contributed by atoms with Gasteiger partial charge in [0.25, 0.3) is 0 Å². The Morgan fingerprint density at radius 1 is 1.32 bits per heavy atom. The van der Waals surface area contributed by atoms with E-state index in [-0.39, 0.29) is 16.7 Å². The fraction of sp³-hybridized carbons (Fsp3) is 0.579. The molecule has 0 amide bonds. The highest BCUT2D eigenvalue weighted by molar-refractivity contribution is 6.33. The molecule has 2 rings (SSSR count). The van der Waals surface area contributed by atoms with Gasteiger partial charge in [0.05, 0.1) is 5.02 Å². The van der Waals surface area contributed by atoms with Crippen molar-refractivity contribution < 1.29 is 23.5 Å². The molecule has 0 saturated heterocycles. The first-order chi connectivity index (χ1) is 11.8. The molecule has 0 aromatic heterocycles. The Labute approximate surface area is 152 Å². The summed E-state index contributed by atoms with van der Waals surface area (Å²) in [6.45, 7) is 5.81. The number of esters is 2. The molecule has 1 fully saturated rings. The lowest BCUT2D eigenvalue weighted by atomic mass is 9.75. The van der Waals surface area contributed by atoms with E-state index in [1.54, 1.807) is 0 Å². The summed E-state index contributed by atoms with van der Waals surface area (Å²) in [6, 6.07) is 3.88. The molecule has 0 spiro atoms. The first-order valence-electron chi connectivity index (χ1n) is 8.60. The first kappa shape index (κ1) is 19.7. The van der Waals surface area contributed by atoms with Gasteiger partial charge < -0.3 is 9.47 Å². The lowest BCUT2D eigenvalue weighted by molar-refractivity contribution is -0.159. The minimum atomic E-state index is -0.975. The molecule has 0 unspecified atom stereocenters. The summed E-state index contributed by atoms with van der Waals surface area (Å²) in [6.07, 6.45) is 2.77. The van der Waals surface area contributed by atoms with Crippen LogP contribution in [0.3, 0.4) is 0 Å². The molecule has 138 valence electrons. The molecule has 6 heteroatoms. The van der Waals surface area contributed by atoms with E-state index in [0.29, 0.717) is 17.8 Å². The number of benzene rings is 1. The highest BCUT2D eigenvalue weighted by atomic mass is 35.5. The van der Waals surface area contributed by atoms with Gasteiger partial charge in [0.1, 0.15) is 17.5 Å². The van der Waals surface area contributed by atoms with Crippen molar-refractivity contribution in [3.63, 3.8) is 0 Å². The highest BCUT2D eigenvalue weighted by Crippen LogP contribution is 2.35. The maximum Gasteiger partial charge on any atom is 0.344 e. The fourth-order valence-corrected chi connectivity index (χ4v) is 3.58. The number of hydrogen-bond donors (Lipinski definition) is 0. The van der Waals surface area contributed by atoms with Gasteiger partial charge in [-0.3, -0.25) is 0 Å². The van der Waals surface area contributed by atoms with Crippen LogP contribution in [0.5, 0.6) is 0 Å². The molecule has 0 heterocycles. The zero-order chi connectivity index (χ0) is 18.6. The predicted octanol–water partition coefficient (Wildman–Crippen LogP) is 4.64. The Kier molecular flexibility index (Phi) is 6.82. The molecule has 1 aliphatic carbocycles. The van der Waals surface area contributed by atoms with Crippen LogP contribution in [0.25, 0.3) is 0 Å². The van der Waals surface area contributed by atoms with Crippen LogP contribution >= 0.6 is 11.6 Å². The summed E-state index contributed by atoms with van der Waals surface area (Å²) < 4.78 is 24.1. The van der Waals surface area contributed by atoms with Gasteiger partial charge in [-0.2, -0.15) is 0 Å². The molecule has 0 aliphatic heterocycles. The maximum absolute atomic E-state index is 13.7. The van der Waals surface area contributed by atoms with Crippen LogP contribution in [0.1, 0.15) is 50.4 Å². The number of rotatable bonds is 5. The molecular formula is C19H24ClFO4. The third-order valence-corrected chi connectivity index (χ3v) is 5.05. The van der Waals surface area contributed by atoms with Gasteiger partial charge >= 0.3 is 11.9 Å². The van der Waals surface area contributed by atoms with E-state index in [4.69, 9.17) is 21.1 Å². The van der Waals surface area contributed by atoms with Gasteiger partial charge in [-0.15, -0.1) is 0 Å². The standard InChI is InChI=1S/C19H24ClFO4/c1-11(2)13-8-7-12(3)9-16(13)25-17(22)10-24-19(23)18-14(20)5-4-6-15(18)21/h4-6,11-13,16H,7-10H2,1-3H3/t12-,13+,16-/m0/s1. The SMILES string of the molecule is CC(C)[C@H]1CC[C@H](C)C[C@@H]1OC(=O)COC(=O)c1c(F)cccc1Cl. The van der Waals surface area contributed by atoms with Gasteiger partial charge in [0.15, 0.2) is 6.61 Å². The van der Waals surface area contributed by atoms with E-state index >= 15 is 0 Å². The van der Waals surface area contributed by atoms with Crippen LogP contribution in [0.4, 0.5) is 4.39 Å². The molecule has 0 N–H and O–H groups in total. The molecule has 0 bridgehead atoms. The number of carbonyl (C=O) groups is 2. The molecule has 3 atom stereocenters. The number of hydrogen-bond acceptors (Lipinski definition) is 4. The number of halogens is 2. The summed E-state index contributed by atoms with van der Waals surface area (Å²) in [5.41, 5.74) is -0.372. The lowest BCUT2D eigenvalue weighted by Crippen LogP contribution is -2.36. The topological polar surface area (TPSA) is 52.6 Å². The quantitative estimate of drug-likeness (QED) is 0.708. The smallest absolute Gasteiger partial charge is 0.344 e. The monoisotopic (exact) mass is 370 g/mol. The fourth-order valence-electron chi connectivity index (χ4n) is 3.34. The van der Waals surface area contributed by atoms with Crippen molar-refractivity contribution in [1.29, 1.82) is 0 Å². The zero-order valence-electron chi connectivity index (χ0n) is 14.8. The van der Waals surface area contributed by atoms with Crippen LogP contribution in [0.15, 0.2) is 18.2 Å². The second-order valence-corrected chi connectivity index (χ2v) is 7.43. The second-order valence-electron chi connectivity index (χ2n) is 7.03. The molecule has 1 aromatic rings. The Hall–Kier alpha value is -1.62. The van der Waals surface area contributed by atoms with Crippen molar-refractivity contribution in [3.05, 3.63) is 34.6 Å². The molecule has 1 aromatic carbocycles. The Bertz CT molecular complexity index is 612. The highest BCUT2D eigenvalue weighted by Gasteiger charge is 2.33. The van der Waals surface area contributed by atoms with E-state index in [9.17, 15) is 14.0 Å². The van der Waals surface area contributed by atoms with Crippen molar-refractivity contribution in [3.8, 4) is 0 Å². The minimum Gasteiger partial charge on any atom is -0.460 e. The Morgan fingerprint density at radius 3 is 2.68 bits per heavy atom. The van der Waals surface area contributed by atoms with Crippen molar-refractivity contribution in [1.82, 2.24) is 0 Å². The van der Waals surface area contributed by atoms with E-state index < -0.39 is 24.4 Å². The van der Waals surface area contributed by atoms with Crippen molar-refractivity contribution >= 4 is 23.5 Å². The van der Waals surface area contributed by atoms with E-state index in [0.717, 1.165) is 25.3 Å². The maximum atomic E-state index is 13.7. The number of carbonyl (C=O) groups excluding carboxylic acids is 2. The minimum absolute atomic E-state index is 0.0562. The molecular weight excluding hydrogens is 347 g/mol. The number of ether oxygens (including phenoxy) is 2. The van der Waals surface area contributed by atoms with Crippen molar-refractivity contribution in [2.45, 2.75) is 46.1 Å². The van der Waals surface area contributed by atoms with Crippen LogP contribution in [-0.4, -0.2) is 24.6 Å². The van der Waals surface area contributed by atoms with Crippen LogP contribution in [0.2, 0.25) is 5.02 Å². The van der Waals surface area contributed by atoms with E-state index in [1.807, 2.05) is 0 Å². The van der Waals surface area contributed by atoms with Crippen molar-refractivity contribution in [2.75, 3.05) is 6.61 Å². The summed E-state index contributed by atoms with van der Waals surface area (Å²) in [5.74, 6) is -1.18. The van der Waals surface area contributed by atoms with Crippen LogP contribution < -0.4 is 0 Å². The first-order valence-corrected chi connectivity index (χ1v) is 8.98.